The van der Waals surface area contributed by atoms with Crippen LogP contribution in [0.4, 0.5) is 8.78 Å². The second-order valence-electron chi connectivity index (χ2n) is 2.66. The molecule has 1 aliphatic rings. The van der Waals surface area contributed by atoms with Gasteiger partial charge in [0.2, 0.25) is 0 Å². The van der Waals surface area contributed by atoms with Crippen molar-refractivity contribution in [3.8, 4) is 0 Å². The highest BCUT2D eigenvalue weighted by molar-refractivity contribution is 8.14. The van der Waals surface area contributed by atoms with Crippen LogP contribution in [0.15, 0.2) is 16.6 Å². The Balaban J connectivity index is 2.30. The summed E-state index contributed by atoms with van der Waals surface area (Å²) in [7, 11) is 0. The highest BCUT2D eigenvalue weighted by atomic mass is 32.2. The largest absolute Gasteiger partial charge is 0.282 e. The summed E-state index contributed by atoms with van der Waals surface area (Å²) in [6.45, 7) is 2.32. The van der Waals surface area contributed by atoms with Gasteiger partial charge >= 0.3 is 0 Å². The van der Waals surface area contributed by atoms with Gasteiger partial charge in [0.15, 0.2) is 0 Å². The summed E-state index contributed by atoms with van der Waals surface area (Å²) in [6.07, 6.45) is -0.430. The van der Waals surface area contributed by atoms with Crippen molar-refractivity contribution in [1.82, 2.24) is 0 Å². The quantitative estimate of drug-likeness (QED) is 0.667. The third-order valence-corrected chi connectivity index (χ3v) is 2.74. The molecule has 0 amide bonds. The number of aliphatic imine (C=N–C) groups is 1. The Morgan fingerprint density at radius 2 is 2.33 bits per heavy atom. The Labute approximate surface area is 74.9 Å². The van der Waals surface area contributed by atoms with E-state index in [4.69, 9.17) is 0 Å². The highest BCUT2D eigenvalue weighted by Gasteiger charge is 2.08. The lowest BCUT2D eigenvalue weighted by Crippen LogP contribution is -1.89. The van der Waals surface area contributed by atoms with Crippen LogP contribution in [-0.4, -0.2) is 17.3 Å². The maximum atomic E-state index is 11.9. The van der Waals surface area contributed by atoms with Gasteiger partial charge in [0.1, 0.15) is 0 Å². The van der Waals surface area contributed by atoms with Gasteiger partial charge in [0.25, 0.3) is 6.08 Å². The van der Waals surface area contributed by atoms with Crippen LogP contribution >= 0.6 is 11.8 Å². The van der Waals surface area contributed by atoms with Crippen molar-refractivity contribution in [1.29, 1.82) is 0 Å². The summed E-state index contributed by atoms with van der Waals surface area (Å²) in [5.74, 6) is 1.01. The van der Waals surface area contributed by atoms with Crippen LogP contribution in [0.25, 0.3) is 0 Å². The first-order chi connectivity index (χ1) is 5.70. The molecule has 0 spiro atoms. The van der Waals surface area contributed by atoms with Crippen LogP contribution in [-0.2, 0) is 0 Å². The molecule has 1 nitrogen and oxygen atoms in total. The maximum Gasteiger partial charge on any atom is 0.269 e. The van der Waals surface area contributed by atoms with Crippen LogP contribution in [0.1, 0.15) is 19.8 Å². The first kappa shape index (κ1) is 9.71. The topological polar surface area (TPSA) is 12.4 Å². The van der Waals surface area contributed by atoms with E-state index in [0.29, 0.717) is 12.8 Å². The predicted octanol–water partition coefficient (Wildman–Crippen LogP) is 3.08. The lowest BCUT2D eigenvalue weighted by atomic mass is 10.2. The molecular formula is C8H11F2NS. The second-order valence-corrected chi connectivity index (χ2v) is 3.83. The molecule has 0 N–H and O–H groups in total. The Morgan fingerprint density at radius 3 is 2.83 bits per heavy atom. The number of halogens is 2. The van der Waals surface area contributed by atoms with E-state index >= 15 is 0 Å². The zero-order chi connectivity index (χ0) is 8.97. The monoisotopic (exact) mass is 191 g/mol. The molecule has 0 bridgehead atoms. The van der Waals surface area contributed by atoms with Gasteiger partial charge in [-0.3, -0.25) is 4.99 Å². The number of rotatable bonds is 3. The molecule has 0 aromatic heterocycles. The normalized spacial score (nSPS) is 16.1. The molecule has 1 aliphatic heterocycles. The smallest absolute Gasteiger partial charge is 0.269 e. The Hall–Kier alpha value is -0.380. The van der Waals surface area contributed by atoms with E-state index < -0.39 is 6.08 Å². The van der Waals surface area contributed by atoms with Crippen molar-refractivity contribution < 1.29 is 8.78 Å². The van der Waals surface area contributed by atoms with E-state index in [1.807, 2.05) is 0 Å². The molecular weight excluding hydrogens is 180 g/mol. The summed E-state index contributed by atoms with van der Waals surface area (Å²) in [4.78, 5) is 4.18. The molecule has 0 fully saturated rings. The van der Waals surface area contributed by atoms with Crippen molar-refractivity contribution in [2.75, 3.05) is 12.3 Å². The van der Waals surface area contributed by atoms with Gasteiger partial charge < -0.3 is 0 Å². The first-order valence-electron chi connectivity index (χ1n) is 3.87. The maximum absolute atomic E-state index is 11.9. The molecule has 0 radical (unpaired) electrons. The van der Waals surface area contributed by atoms with Crippen LogP contribution < -0.4 is 0 Å². The molecule has 4 heteroatoms. The van der Waals surface area contributed by atoms with E-state index in [1.165, 1.54) is 6.92 Å². The minimum Gasteiger partial charge on any atom is -0.282 e. The first-order valence-corrected chi connectivity index (χ1v) is 4.85. The van der Waals surface area contributed by atoms with Crippen molar-refractivity contribution in [3.05, 3.63) is 11.7 Å². The second kappa shape index (κ2) is 4.60. The Kier molecular flexibility index (Phi) is 3.72. The predicted molar refractivity (Wildman–Crippen MR) is 48.9 cm³/mol. The van der Waals surface area contributed by atoms with E-state index in [2.05, 4.69) is 4.99 Å². The summed E-state index contributed by atoms with van der Waals surface area (Å²) in [6, 6.07) is 0. The fourth-order valence-electron chi connectivity index (χ4n) is 0.920. The van der Waals surface area contributed by atoms with Crippen LogP contribution in [0, 0.1) is 0 Å². The fourth-order valence-corrected chi connectivity index (χ4v) is 1.77. The number of thioether (sulfide) groups is 1. The molecule has 1 heterocycles. The van der Waals surface area contributed by atoms with Crippen molar-refractivity contribution >= 4 is 16.8 Å². The van der Waals surface area contributed by atoms with Gasteiger partial charge in [-0.15, -0.1) is 11.8 Å². The number of hydrogen-bond acceptors (Lipinski definition) is 2. The van der Waals surface area contributed by atoms with Crippen LogP contribution in [0.3, 0.4) is 0 Å². The zero-order valence-electron chi connectivity index (χ0n) is 6.94. The van der Waals surface area contributed by atoms with Gasteiger partial charge in [-0.05, 0) is 25.3 Å². The molecule has 0 aromatic carbocycles. The standard InChI is InChI=1S/C8H11F2NS/c1-6(8(9)10)2-3-7-11-4-5-12-7/h2-5H2,1H3. The minimum absolute atomic E-state index is 0.185. The van der Waals surface area contributed by atoms with Gasteiger partial charge in [-0.1, -0.05) is 0 Å². The van der Waals surface area contributed by atoms with Crippen LogP contribution in [0.2, 0.25) is 0 Å². The summed E-state index contributed by atoms with van der Waals surface area (Å²) in [5, 5.41) is 1.02. The summed E-state index contributed by atoms with van der Waals surface area (Å²) >= 11 is 1.68. The van der Waals surface area contributed by atoms with E-state index in [1.54, 1.807) is 11.8 Å². The molecule has 0 aromatic rings. The Bertz CT molecular complexity index is 219. The molecule has 0 saturated heterocycles. The highest BCUT2D eigenvalue weighted by Crippen LogP contribution is 2.20. The minimum atomic E-state index is -1.54. The van der Waals surface area contributed by atoms with Crippen molar-refractivity contribution in [2.24, 2.45) is 4.99 Å². The van der Waals surface area contributed by atoms with Crippen molar-refractivity contribution in [2.45, 2.75) is 19.8 Å². The lowest BCUT2D eigenvalue weighted by molar-refractivity contribution is 0.408. The summed E-state index contributed by atoms with van der Waals surface area (Å²) < 4.78 is 23.9. The number of hydrogen-bond donors (Lipinski definition) is 0. The zero-order valence-corrected chi connectivity index (χ0v) is 7.76. The van der Waals surface area contributed by atoms with Crippen molar-refractivity contribution in [3.63, 3.8) is 0 Å². The van der Waals surface area contributed by atoms with Gasteiger partial charge in [-0.25, -0.2) is 0 Å². The molecule has 0 aliphatic carbocycles. The third kappa shape index (κ3) is 2.93. The van der Waals surface area contributed by atoms with Crippen LogP contribution in [0.5, 0.6) is 0 Å². The average molecular weight is 191 g/mol. The fraction of sp³-hybridized carbons (Fsp3) is 0.625. The summed E-state index contributed by atoms with van der Waals surface area (Å²) in [5.41, 5.74) is 0.185. The average Bonchev–Trinajstić information content (AvgIpc) is 2.51. The number of nitrogens with zero attached hydrogens (tertiary/aromatic N) is 1. The number of allylic oxidation sites excluding steroid dienone is 1. The Morgan fingerprint density at radius 1 is 1.58 bits per heavy atom. The molecule has 1 rings (SSSR count). The third-order valence-electron chi connectivity index (χ3n) is 1.68. The van der Waals surface area contributed by atoms with E-state index in [-0.39, 0.29) is 5.57 Å². The lowest BCUT2D eigenvalue weighted by Gasteiger charge is -1.98. The molecule has 12 heavy (non-hydrogen) atoms. The molecule has 0 atom stereocenters. The molecule has 0 unspecified atom stereocenters. The van der Waals surface area contributed by atoms with Gasteiger partial charge in [0, 0.05) is 12.3 Å². The van der Waals surface area contributed by atoms with E-state index in [0.717, 1.165) is 17.3 Å². The SMILES string of the molecule is CC(CCC1=NCCS1)=C(F)F. The van der Waals surface area contributed by atoms with Gasteiger partial charge in [-0.2, -0.15) is 8.78 Å². The molecule has 68 valence electrons. The van der Waals surface area contributed by atoms with Gasteiger partial charge in [0.05, 0.1) is 5.04 Å². The molecule has 0 saturated carbocycles. The van der Waals surface area contributed by atoms with E-state index in [9.17, 15) is 8.78 Å².